The van der Waals surface area contributed by atoms with Crippen molar-refractivity contribution in [2.45, 2.75) is 6.92 Å². The van der Waals surface area contributed by atoms with Crippen LogP contribution in [0.3, 0.4) is 0 Å². The standard InChI is InChI=1S/C14H15N3O2/c1-3-18-10(2)13-8-11(6-7-16-13)19-12-4-5-14(15)17-9-12/h4-9H,2-3H2,1H3,(H2,15,17). The van der Waals surface area contributed by atoms with Gasteiger partial charge in [-0.1, -0.05) is 6.58 Å². The first kappa shape index (κ1) is 12.9. The summed E-state index contributed by atoms with van der Waals surface area (Å²) in [5.74, 6) is 2.21. The SMILES string of the molecule is C=C(OCC)c1cc(Oc2ccc(N)nc2)ccn1. The van der Waals surface area contributed by atoms with Gasteiger partial charge in [-0.05, 0) is 25.1 Å². The van der Waals surface area contributed by atoms with Gasteiger partial charge in [0.1, 0.15) is 28.8 Å². The van der Waals surface area contributed by atoms with Crippen LogP contribution in [0.15, 0.2) is 43.2 Å². The minimum absolute atomic E-state index is 0.451. The number of aromatic nitrogens is 2. The molecule has 2 aromatic rings. The quantitative estimate of drug-likeness (QED) is 0.834. The van der Waals surface area contributed by atoms with Crippen molar-refractivity contribution in [2.75, 3.05) is 12.3 Å². The highest BCUT2D eigenvalue weighted by Gasteiger charge is 2.04. The second-order valence-electron chi connectivity index (χ2n) is 3.75. The monoisotopic (exact) mass is 257 g/mol. The Labute approximate surface area is 111 Å². The van der Waals surface area contributed by atoms with Gasteiger partial charge in [-0.2, -0.15) is 0 Å². The highest BCUT2D eigenvalue weighted by Crippen LogP contribution is 2.23. The normalized spacial score (nSPS) is 9.95. The lowest BCUT2D eigenvalue weighted by Crippen LogP contribution is -1.95. The molecule has 0 fully saturated rings. The Kier molecular flexibility index (Phi) is 3.97. The topological polar surface area (TPSA) is 70.3 Å². The Morgan fingerprint density at radius 1 is 1.26 bits per heavy atom. The van der Waals surface area contributed by atoms with Gasteiger partial charge in [-0.3, -0.25) is 4.98 Å². The number of nitrogens with zero attached hydrogens (tertiary/aromatic N) is 2. The van der Waals surface area contributed by atoms with Gasteiger partial charge >= 0.3 is 0 Å². The average Bonchev–Trinajstić information content (AvgIpc) is 2.42. The van der Waals surface area contributed by atoms with E-state index in [9.17, 15) is 0 Å². The van der Waals surface area contributed by atoms with E-state index < -0.39 is 0 Å². The summed E-state index contributed by atoms with van der Waals surface area (Å²) in [6.07, 6.45) is 3.20. The minimum atomic E-state index is 0.451. The number of nitrogen functional groups attached to an aromatic ring is 1. The van der Waals surface area contributed by atoms with Gasteiger partial charge in [0.25, 0.3) is 0 Å². The van der Waals surface area contributed by atoms with E-state index in [-0.39, 0.29) is 0 Å². The van der Waals surface area contributed by atoms with E-state index in [0.29, 0.717) is 35.4 Å². The summed E-state index contributed by atoms with van der Waals surface area (Å²) in [5.41, 5.74) is 6.15. The number of ether oxygens (including phenoxy) is 2. The van der Waals surface area contributed by atoms with Crippen molar-refractivity contribution < 1.29 is 9.47 Å². The van der Waals surface area contributed by atoms with Gasteiger partial charge in [0, 0.05) is 12.3 Å². The molecule has 0 amide bonds. The predicted octanol–water partition coefficient (Wildman–Crippen LogP) is 2.86. The minimum Gasteiger partial charge on any atom is -0.492 e. The van der Waals surface area contributed by atoms with E-state index in [4.69, 9.17) is 15.2 Å². The van der Waals surface area contributed by atoms with E-state index in [1.54, 1.807) is 36.7 Å². The van der Waals surface area contributed by atoms with Crippen LogP contribution in [0, 0.1) is 0 Å². The lowest BCUT2D eigenvalue weighted by molar-refractivity contribution is 0.297. The predicted molar refractivity (Wildman–Crippen MR) is 73.6 cm³/mol. The Hall–Kier alpha value is -2.56. The van der Waals surface area contributed by atoms with Gasteiger partial charge in [-0.15, -0.1) is 0 Å². The Morgan fingerprint density at radius 2 is 2.11 bits per heavy atom. The maximum absolute atomic E-state index is 5.65. The summed E-state index contributed by atoms with van der Waals surface area (Å²) in [5, 5.41) is 0. The van der Waals surface area contributed by atoms with E-state index in [1.165, 1.54) is 0 Å². The number of hydrogen-bond donors (Lipinski definition) is 1. The van der Waals surface area contributed by atoms with Crippen LogP contribution in [-0.4, -0.2) is 16.6 Å². The zero-order valence-electron chi connectivity index (χ0n) is 10.7. The van der Waals surface area contributed by atoms with Crippen molar-refractivity contribution in [2.24, 2.45) is 0 Å². The lowest BCUT2D eigenvalue weighted by Gasteiger charge is -2.09. The summed E-state index contributed by atoms with van der Waals surface area (Å²) in [4.78, 5) is 8.13. The first-order valence-corrected chi connectivity index (χ1v) is 5.86. The van der Waals surface area contributed by atoms with Crippen LogP contribution in [0.1, 0.15) is 12.6 Å². The smallest absolute Gasteiger partial charge is 0.145 e. The Bertz CT molecular complexity index is 567. The Balaban J connectivity index is 2.15. The van der Waals surface area contributed by atoms with Crippen molar-refractivity contribution in [3.63, 3.8) is 0 Å². The van der Waals surface area contributed by atoms with Crippen LogP contribution in [0.2, 0.25) is 0 Å². The molecule has 98 valence electrons. The van der Waals surface area contributed by atoms with Crippen LogP contribution in [0.25, 0.3) is 5.76 Å². The van der Waals surface area contributed by atoms with Gasteiger partial charge in [0.15, 0.2) is 0 Å². The fourth-order valence-electron chi connectivity index (χ4n) is 1.46. The average molecular weight is 257 g/mol. The first-order valence-electron chi connectivity index (χ1n) is 5.86. The van der Waals surface area contributed by atoms with E-state index >= 15 is 0 Å². The lowest BCUT2D eigenvalue weighted by atomic mass is 10.3. The van der Waals surface area contributed by atoms with Gasteiger partial charge in [0.2, 0.25) is 0 Å². The largest absolute Gasteiger partial charge is 0.492 e. The summed E-state index contributed by atoms with van der Waals surface area (Å²) < 4.78 is 11.0. The van der Waals surface area contributed by atoms with Crippen molar-refractivity contribution in [3.8, 4) is 11.5 Å². The van der Waals surface area contributed by atoms with Crippen LogP contribution < -0.4 is 10.5 Å². The van der Waals surface area contributed by atoms with Crippen molar-refractivity contribution in [1.82, 2.24) is 9.97 Å². The van der Waals surface area contributed by atoms with Gasteiger partial charge in [-0.25, -0.2) is 4.98 Å². The number of hydrogen-bond acceptors (Lipinski definition) is 5. The highest BCUT2D eigenvalue weighted by atomic mass is 16.5. The molecule has 19 heavy (non-hydrogen) atoms. The van der Waals surface area contributed by atoms with Crippen molar-refractivity contribution >= 4 is 11.6 Å². The van der Waals surface area contributed by atoms with Crippen LogP contribution >= 0.6 is 0 Å². The molecule has 0 saturated heterocycles. The first-order chi connectivity index (χ1) is 9.19. The Morgan fingerprint density at radius 3 is 2.79 bits per heavy atom. The molecular formula is C14H15N3O2. The molecule has 0 saturated carbocycles. The molecule has 0 aliphatic carbocycles. The summed E-state index contributed by atoms with van der Waals surface area (Å²) in [7, 11) is 0. The maximum atomic E-state index is 5.65. The summed E-state index contributed by atoms with van der Waals surface area (Å²) >= 11 is 0. The third-order valence-corrected chi connectivity index (χ3v) is 2.33. The van der Waals surface area contributed by atoms with Crippen molar-refractivity contribution in [1.29, 1.82) is 0 Å². The molecule has 0 aliphatic rings. The molecule has 0 aliphatic heterocycles. The van der Waals surface area contributed by atoms with Crippen LogP contribution in [0.4, 0.5) is 5.82 Å². The van der Waals surface area contributed by atoms with Crippen LogP contribution in [0.5, 0.6) is 11.5 Å². The van der Waals surface area contributed by atoms with Gasteiger partial charge in [0.05, 0.1) is 12.8 Å². The summed E-state index contributed by atoms with van der Waals surface area (Å²) in [6, 6.07) is 6.93. The zero-order valence-corrected chi connectivity index (χ0v) is 10.7. The summed E-state index contributed by atoms with van der Waals surface area (Å²) in [6.45, 7) is 6.25. The maximum Gasteiger partial charge on any atom is 0.145 e. The van der Waals surface area contributed by atoms with E-state index in [1.807, 2.05) is 6.92 Å². The van der Waals surface area contributed by atoms with Crippen LogP contribution in [-0.2, 0) is 4.74 Å². The molecule has 0 radical (unpaired) electrons. The molecule has 0 atom stereocenters. The molecule has 2 heterocycles. The second-order valence-corrected chi connectivity index (χ2v) is 3.75. The third kappa shape index (κ3) is 3.45. The molecule has 5 nitrogen and oxygen atoms in total. The van der Waals surface area contributed by atoms with Crippen molar-refractivity contribution in [3.05, 3.63) is 48.9 Å². The molecule has 0 unspecified atom stereocenters. The molecule has 0 aromatic carbocycles. The van der Waals surface area contributed by atoms with E-state index in [2.05, 4.69) is 16.5 Å². The number of anilines is 1. The molecular weight excluding hydrogens is 242 g/mol. The fourth-order valence-corrected chi connectivity index (χ4v) is 1.46. The van der Waals surface area contributed by atoms with E-state index in [0.717, 1.165) is 0 Å². The molecule has 2 aromatic heterocycles. The molecule has 2 N–H and O–H groups in total. The third-order valence-electron chi connectivity index (χ3n) is 2.33. The van der Waals surface area contributed by atoms with Gasteiger partial charge < -0.3 is 15.2 Å². The number of pyridine rings is 2. The molecule has 5 heteroatoms. The molecule has 0 spiro atoms. The molecule has 2 rings (SSSR count). The highest BCUT2D eigenvalue weighted by molar-refractivity contribution is 5.55. The number of rotatable bonds is 5. The molecule has 0 bridgehead atoms. The number of nitrogens with two attached hydrogens (primary N) is 1. The zero-order chi connectivity index (χ0) is 13.7. The second kappa shape index (κ2) is 5.86. The fraction of sp³-hybridized carbons (Fsp3) is 0.143.